The summed E-state index contributed by atoms with van der Waals surface area (Å²) in [6.07, 6.45) is 4.81. The molecule has 1 N–H and O–H groups in total. The van der Waals surface area contributed by atoms with Crippen LogP contribution in [-0.4, -0.2) is 5.78 Å². The van der Waals surface area contributed by atoms with Crippen LogP contribution in [-0.2, 0) is 4.79 Å². The topological polar surface area (TPSA) is 29.1 Å². The van der Waals surface area contributed by atoms with E-state index in [0.29, 0.717) is 0 Å². The smallest absolute Gasteiger partial charge is 0.163 e. The molecule has 96 valence electrons. The Morgan fingerprint density at radius 3 is 3.00 bits per heavy atom. The zero-order valence-corrected chi connectivity index (χ0v) is 11.6. The van der Waals surface area contributed by atoms with Crippen LogP contribution in [0, 0.1) is 12.8 Å². The van der Waals surface area contributed by atoms with Gasteiger partial charge in [0.05, 0.1) is 0 Å². The summed E-state index contributed by atoms with van der Waals surface area (Å²) in [5.41, 5.74) is 2.86. The van der Waals surface area contributed by atoms with Crippen LogP contribution in [0.5, 0.6) is 0 Å². The van der Waals surface area contributed by atoms with E-state index in [1.807, 2.05) is 38.2 Å². The minimum absolute atomic E-state index is 0.159. The molecule has 0 radical (unpaired) electrons. The van der Waals surface area contributed by atoms with Crippen molar-refractivity contribution in [3.8, 4) is 0 Å². The van der Waals surface area contributed by atoms with Crippen molar-refractivity contribution in [1.29, 1.82) is 0 Å². The standard InChI is InChI=1S/C15H18ClNO/c1-10-5-3-6-12(15(10)18)9-17-14-8-4-7-13(16)11(14)2/h4,7-10,17H,3,5-6H2,1-2H3/b12-9-/t10-/m0/s1. The lowest BCUT2D eigenvalue weighted by molar-refractivity contribution is -0.119. The van der Waals surface area contributed by atoms with Gasteiger partial charge in [-0.15, -0.1) is 0 Å². The molecule has 1 saturated carbocycles. The first-order valence-corrected chi connectivity index (χ1v) is 6.72. The first-order chi connectivity index (χ1) is 8.59. The summed E-state index contributed by atoms with van der Waals surface area (Å²) >= 11 is 6.06. The summed E-state index contributed by atoms with van der Waals surface area (Å²) in [5, 5.41) is 3.94. The molecule has 0 aromatic heterocycles. The van der Waals surface area contributed by atoms with Crippen molar-refractivity contribution in [2.24, 2.45) is 5.92 Å². The molecular weight excluding hydrogens is 246 g/mol. The van der Waals surface area contributed by atoms with Crippen LogP contribution in [0.1, 0.15) is 31.7 Å². The number of nitrogens with one attached hydrogen (secondary N) is 1. The molecule has 1 fully saturated rings. The first kappa shape index (κ1) is 13.2. The molecule has 1 aliphatic carbocycles. The molecule has 0 unspecified atom stereocenters. The number of carbonyl (C=O) groups excluding carboxylic acids is 1. The number of Topliss-reactive ketones (excluding diaryl/α,β-unsaturated/α-hetero) is 1. The van der Waals surface area contributed by atoms with Crippen molar-refractivity contribution >= 4 is 23.1 Å². The normalized spacial score (nSPS) is 22.3. The number of ketones is 1. The summed E-state index contributed by atoms with van der Waals surface area (Å²) in [7, 11) is 0. The van der Waals surface area contributed by atoms with Crippen LogP contribution in [0.15, 0.2) is 30.0 Å². The molecule has 0 aliphatic heterocycles. The Labute approximate surface area is 113 Å². The number of hydrogen-bond acceptors (Lipinski definition) is 2. The van der Waals surface area contributed by atoms with Gasteiger partial charge in [-0.3, -0.25) is 4.79 Å². The van der Waals surface area contributed by atoms with Crippen molar-refractivity contribution in [2.75, 3.05) is 5.32 Å². The highest BCUT2D eigenvalue weighted by Gasteiger charge is 2.22. The fourth-order valence-electron chi connectivity index (χ4n) is 2.24. The molecule has 0 heterocycles. The third-order valence-electron chi connectivity index (χ3n) is 3.52. The third-order valence-corrected chi connectivity index (χ3v) is 3.93. The van der Waals surface area contributed by atoms with Gasteiger partial charge in [-0.05, 0) is 43.9 Å². The number of hydrogen-bond donors (Lipinski definition) is 1. The van der Waals surface area contributed by atoms with Gasteiger partial charge in [-0.1, -0.05) is 24.6 Å². The van der Waals surface area contributed by atoms with Gasteiger partial charge in [0.15, 0.2) is 5.78 Å². The Hall–Kier alpha value is -1.28. The minimum atomic E-state index is 0.159. The SMILES string of the molecule is Cc1c(Cl)cccc1N/C=C1/CCC[C@H](C)C1=O. The van der Waals surface area contributed by atoms with E-state index in [1.54, 1.807) is 0 Å². The number of halogens is 1. The fourth-order valence-corrected chi connectivity index (χ4v) is 2.42. The molecule has 1 aromatic rings. The van der Waals surface area contributed by atoms with Crippen LogP contribution in [0.4, 0.5) is 5.69 Å². The predicted molar refractivity (Wildman–Crippen MR) is 75.9 cm³/mol. The number of rotatable bonds is 2. The molecule has 1 atom stereocenters. The molecule has 0 bridgehead atoms. The second kappa shape index (κ2) is 5.57. The maximum Gasteiger partial charge on any atom is 0.163 e. The van der Waals surface area contributed by atoms with E-state index in [1.165, 1.54) is 0 Å². The van der Waals surface area contributed by atoms with Crippen LogP contribution in [0.2, 0.25) is 5.02 Å². The highest BCUT2D eigenvalue weighted by molar-refractivity contribution is 6.31. The van der Waals surface area contributed by atoms with Crippen molar-refractivity contribution in [2.45, 2.75) is 33.1 Å². The molecule has 18 heavy (non-hydrogen) atoms. The number of anilines is 1. The lowest BCUT2D eigenvalue weighted by atomic mass is 9.86. The largest absolute Gasteiger partial charge is 0.361 e. The van der Waals surface area contributed by atoms with Crippen LogP contribution >= 0.6 is 11.6 Å². The molecule has 1 aromatic carbocycles. The van der Waals surface area contributed by atoms with Crippen LogP contribution < -0.4 is 5.32 Å². The summed E-state index contributed by atoms with van der Waals surface area (Å²) in [6, 6.07) is 5.74. The van der Waals surface area contributed by atoms with Gasteiger partial charge in [0, 0.05) is 28.4 Å². The lowest BCUT2D eigenvalue weighted by Crippen LogP contribution is -2.19. The van der Waals surface area contributed by atoms with Crippen molar-refractivity contribution in [3.63, 3.8) is 0 Å². The molecule has 0 amide bonds. The molecule has 1 aliphatic rings. The maximum absolute atomic E-state index is 12.0. The second-order valence-corrected chi connectivity index (χ2v) is 5.29. The molecular formula is C15H18ClNO. The van der Waals surface area contributed by atoms with Crippen LogP contribution in [0.3, 0.4) is 0 Å². The van der Waals surface area contributed by atoms with Gasteiger partial charge in [0.2, 0.25) is 0 Å². The molecule has 0 spiro atoms. The molecule has 3 heteroatoms. The van der Waals surface area contributed by atoms with Crippen molar-refractivity contribution in [3.05, 3.63) is 40.6 Å². The van der Waals surface area contributed by atoms with Gasteiger partial charge in [0.25, 0.3) is 0 Å². The monoisotopic (exact) mass is 263 g/mol. The summed E-state index contributed by atoms with van der Waals surface area (Å²) in [6.45, 7) is 3.97. The van der Waals surface area contributed by atoms with Gasteiger partial charge in [-0.2, -0.15) is 0 Å². The Bertz CT molecular complexity index is 493. The number of benzene rings is 1. The number of carbonyl (C=O) groups is 1. The summed E-state index contributed by atoms with van der Waals surface area (Å²) < 4.78 is 0. The zero-order valence-electron chi connectivity index (χ0n) is 10.8. The quantitative estimate of drug-likeness (QED) is 0.805. The highest BCUT2D eigenvalue weighted by Crippen LogP contribution is 2.26. The highest BCUT2D eigenvalue weighted by atomic mass is 35.5. The minimum Gasteiger partial charge on any atom is -0.361 e. The van der Waals surface area contributed by atoms with Crippen molar-refractivity contribution in [1.82, 2.24) is 0 Å². The maximum atomic E-state index is 12.0. The van der Waals surface area contributed by atoms with Gasteiger partial charge in [-0.25, -0.2) is 0 Å². The Kier molecular flexibility index (Phi) is 4.07. The van der Waals surface area contributed by atoms with E-state index >= 15 is 0 Å². The zero-order chi connectivity index (χ0) is 13.1. The number of allylic oxidation sites excluding steroid dienone is 1. The Morgan fingerprint density at radius 2 is 2.22 bits per heavy atom. The average molecular weight is 264 g/mol. The van der Waals surface area contributed by atoms with E-state index in [4.69, 9.17) is 11.6 Å². The molecule has 0 saturated heterocycles. The van der Waals surface area contributed by atoms with E-state index in [0.717, 1.165) is 41.1 Å². The average Bonchev–Trinajstić information content (AvgIpc) is 2.36. The summed E-state index contributed by atoms with van der Waals surface area (Å²) in [5.74, 6) is 0.431. The van der Waals surface area contributed by atoms with Crippen molar-refractivity contribution < 1.29 is 4.79 Å². The first-order valence-electron chi connectivity index (χ1n) is 6.34. The van der Waals surface area contributed by atoms with E-state index in [-0.39, 0.29) is 11.7 Å². The Morgan fingerprint density at radius 1 is 1.44 bits per heavy atom. The fraction of sp³-hybridized carbons (Fsp3) is 0.400. The summed E-state index contributed by atoms with van der Waals surface area (Å²) in [4.78, 5) is 12.0. The van der Waals surface area contributed by atoms with E-state index in [9.17, 15) is 4.79 Å². The predicted octanol–water partition coefficient (Wildman–Crippen LogP) is 4.33. The molecule has 2 nitrogen and oxygen atoms in total. The Balaban J connectivity index is 2.15. The third kappa shape index (κ3) is 2.75. The van der Waals surface area contributed by atoms with Gasteiger partial charge in [0.1, 0.15) is 0 Å². The second-order valence-electron chi connectivity index (χ2n) is 4.88. The molecule has 2 rings (SSSR count). The van der Waals surface area contributed by atoms with E-state index in [2.05, 4.69) is 5.32 Å². The van der Waals surface area contributed by atoms with E-state index < -0.39 is 0 Å². The van der Waals surface area contributed by atoms with Gasteiger partial charge >= 0.3 is 0 Å². The van der Waals surface area contributed by atoms with Gasteiger partial charge < -0.3 is 5.32 Å². The lowest BCUT2D eigenvalue weighted by Gasteiger charge is -2.19. The van der Waals surface area contributed by atoms with Crippen LogP contribution in [0.25, 0.3) is 0 Å².